The molecule has 0 atom stereocenters. The lowest BCUT2D eigenvalue weighted by Gasteiger charge is -2.09. The Bertz CT molecular complexity index is 712. The molecule has 0 aliphatic rings. The van der Waals surface area contributed by atoms with Crippen molar-refractivity contribution in [1.29, 1.82) is 0 Å². The van der Waals surface area contributed by atoms with Gasteiger partial charge in [-0.1, -0.05) is 0 Å². The van der Waals surface area contributed by atoms with Crippen LogP contribution < -0.4 is 10.0 Å². The predicted octanol–water partition coefficient (Wildman–Crippen LogP) is -0.190. The van der Waals surface area contributed by atoms with Crippen LogP contribution in [0.4, 0.5) is 17.6 Å². The van der Waals surface area contributed by atoms with Crippen molar-refractivity contribution in [3.63, 3.8) is 0 Å². The van der Waals surface area contributed by atoms with Crippen molar-refractivity contribution in [3.05, 3.63) is 29.3 Å². The van der Waals surface area contributed by atoms with Gasteiger partial charge < -0.3 is 10.1 Å². The van der Waals surface area contributed by atoms with Crippen LogP contribution in [-0.2, 0) is 24.3 Å². The second kappa shape index (κ2) is 7.37. The molecular weight excluding hydrogens is 348 g/mol. The number of halogens is 4. The summed E-state index contributed by atoms with van der Waals surface area (Å²) in [6.45, 7) is -1.61. The van der Waals surface area contributed by atoms with Crippen LogP contribution in [0.1, 0.15) is 0 Å². The standard InChI is InChI=1S/C11H10F4N2O5S/c1-22-8(19)4-16-7(18)3-17-23(20,21)11-9(14)5(12)2-6(13)10(11)15/h2,17H,3-4H2,1H3,(H,16,18). The number of methoxy groups -OCH3 is 1. The summed E-state index contributed by atoms with van der Waals surface area (Å²) in [7, 11) is -4.02. The van der Waals surface area contributed by atoms with Gasteiger partial charge in [0.15, 0.2) is 28.2 Å². The fourth-order valence-electron chi connectivity index (χ4n) is 1.33. The van der Waals surface area contributed by atoms with Gasteiger partial charge in [0.05, 0.1) is 13.7 Å². The molecule has 0 spiro atoms. The van der Waals surface area contributed by atoms with Gasteiger partial charge in [-0.25, -0.2) is 30.7 Å². The molecule has 0 saturated carbocycles. The van der Waals surface area contributed by atoms with Crippen LogP contribution in [0.5, 0.6) is 0 Å². The molecule has 0 bridgehead atoms. The first-order valence-electron chi connectivity index (χ1n) is 5.76. The molecule has 0 aromatic heterocycles. The zero-order valence-corrected chi connectivity index (χ0v) is 12.3. The molecule has 7 nitrogen and oxygen atoms in total. The van der Waals surface area contributed by atoms with Crippen molar-refractivity contribution in [1.82, 2.24) is 10.0 Å². The highest BCUT2D eigenvalue weighted by Crippen LogP contribution is 2.23. The fraction of sp³-hybridized carbons (Fsp3) is 0.273. The van der Waals surface area contributed by atoms with E-state index in [-0.39, 0.29) is 6.07 Å². The van der Waals surface area contributed by atoms with Gasteiger partial charge in [0.2, 0.25) is 15.9 Å². The summed E-state index contributed by atoms with van der Waals surface area (Å²) in [6.07, 6.45) is 0. The number of hydrogen-bond acceptors (Lipinski definition) is 5. The maximum atomic E-state index is 13.4. The third-order valence-electron chi connectivity index (χ3n) is 2.42. The number of carbonyl (C=O) groups is 2. The number of hydrogen-bond donors (Lipinski definition) is 2. The van der Waals surface area contributed by atoms with Crippen LogP contribution in [-0.4, -0.2) is 40.5 Å². The molecule has 23 heavy (non-hydrogen) atoms. The SMILES string of the molecule is COC(=O)CNC(=O)CNS(=O)(=O)c1c(F)c(F)cc(F)c1F. The fourth-order valence-corrected chi connectivity index (χ4v) is 2.46. The summed E-state index contributed by atoms with van der Waals surface area (Å²) in [4.78, 5) is 20.1. The van der Waals surface area contributed by atoms with Crippen LogP contribution in [0, 0.1) is 23.3 Å². The zero-order chi connectivity index (χ0) is 17.8. The van der Waals surface area contributed by atoms with Gasteiger partial charge in [-0.3, -0.25) is 9.59 Å². The van der Waals surface area contributed by atoms with Gasteiger partial charge in [-0.2, -0.15) is 0 Å². The Labute approximate surface area is 127 Å². The Balaban J connectivity index is 2.89. The third kappa shape index (κ3) is 4.63. The summed E-state index contributed by atoms with van der Waals surface area (Å²) < 4.78 is 81.8. The van der Waals surface area contributed by atoms with Gasteiger partial charge >= 0.3 is 5.97 Å². The lowest BCUT2D eigenvalue weighted by molar-refractivity contribution is -0.141. The van der Waals surface area contributed by atoms with E-state index < -0.39 is 63.2 Å². The molecule has 1 rings (SSSR count). The van der Waals surface area contributed by atoms with Crippen LogP contribution in [0.3, 0.4) is 0 Å². The van der Waals surface area contributed by atoms with Crippen molar-refractivity contribution in [3.8, 4) is 0 Å². The predicted molar refractivity (Wildman–Crippen MR) is 66.5 cm³/mol. The van der Waals surface area contributed by atoms with E-state index in [4.69, 9.17) is 0 Å². The average molecular weight is 358 g/mol. The van der Waals surface area contributed by atoms with Crippen molar-refractivity contribution >= 4 is 21.9 Å². The summed E-state index contributed by atoms with van der Waals surface area (Å²) in [5, 5.41) is 1.93. The first kappa shape index (κ1) is 18.8. The van der Waals surface area contributed by atoms with Crippen molar-refractivity contribution < 1.29 is 40.3 Å². The first-order valence-corrected chi connectivity index (χ1v) is 7.24. The molecule has 2 N–H and O–H groups in total. The van der Waals surface area contributed by atoms with E-state index >= 15 is 0 Å². The number of sulfonamides is 1. The number of nitrogens with one attached hydrogen (secondary N) is 2. The van der Waals surface area contributed by atoms with E-state index in [0.717, 1.165) is 7.11 Å². The van der Waals surface area contributed by atoms with Gasteiger partial charge in [-0.05, 0) is 0 Å². The summed E-state index contributed by atoms with van der Waals surface area (Å²) >= 11 is 0. The highest BCUT2D eigenvalue weighted by Gasteiger charge is 2.30. The minimum absolute atomic E-state index is 0.160. The Hall–Kier alpha value is -2.21. The summed E-state index contributed by atoms with van der Waals surface area (Å²) in [5.41, 5.74) is 0. The Morgan fingerprint density at radius 1 is 1.09 bits per heavy atom. The number of ether oxygens (including phenoxy) is 1. The highest BCUT2D eigenvalue weighted by atomic mass is 32.2. The molecule has 0 heterocycles. The highest BCUT2D eigenvalue weighted by molar-refractivity contribution is 7.89. The minimum atomic E-state index is -5.06. The number of esters is 1. The Morgan fingerprint density at radius 3 is 2.09 bits per heavy atom. The molecule has 0 aliphatic heterocycles. The Kier molecular flexibility index (Phi) is 6.04. The number of rotatable bonds is 6. The second-order valence-corrected chi connectivity index (χ2v) is 5.68. The van der Waals surface area contributed by atoms with E-state index in [9.17, 15) is 35.6 Å². The Morgan fingerprint density at radius 2 is 1.61 bits per heavy atom. The van der Waals surface area contributed by atoms with E-state index in [1.807, 2.05) is 5.32 Å². The van der Waals surface area contributed by atoms with Crippen molar-refractivity contribution in [2.45, 2.75) is 4.90 Å². The molecule has 1 aromatic rings. The van der Waals surface area contributed by atoms with Gasteiger partial charge in [-0.15, -0.1) is 0 Å². The monoisotopic (exact) mass is 358 g/mol. The molecule has 0 unspecified atom stereocenters. The third-order valence-corrected chi connectivity index (χ3v) is 3.84. The topological polar surface area (TPSA) is 102 Å². The lowest BCUT2D eigenvalue weighted by atomic mass is 10.3. The number of amides is 1. The van der Waals surface area contributed by atoms with Gasteiger partial charge in [0, 0.05) is 6.07 Å². The summed E-state index contributed by atoms with van der Waals surface area (Å²) in [5.74, 6) is -9.97. The molecule has 0 fully saturated rings. The second-order valence-electron chi connectivity index (χ2n) is 3.97. The minimum Gasteiger partial charge on any atom is -0.468 e. The number of carbonyl (C=O) groups excluding carboxylic acids is 2. The molecule has 0 aliphatic carbocycles. The van der Waals surface area contributed by atoms with E-state index in [2.05, 4.69) is 4.74 Å². The zero-order valence-electron chi connectivity index (χ0n) is 11.5. The van der Waals surface area contributed by atoms with Crippen molar-refractivity contribution in [2.24, 2.45) is 0 Å². The largest absolute Gasteiger partial charge is 0.468 e. The first-order chi connectivity index (χ1) is 10.6. The average Bonchev–Trinajstić information content (AvgIpc) is 2.48. The number of benzene rings is 1. The van der Waals surface area contributed by atoms with Crippen LogP contribution in [0.2, 0.25) is 0 Å². The van der Waals surface area contributed by atoms with Gasteiger partial charge in [0.1, 0.15) is 6.54 Å². The smallest absolute Gasteiger partial charge is 0.325 e. The van der Waals surface area contributed by atoms with Crippen molar-refractivity contribution in [2.75, 3.05) is 20.2 Å². The maximum Gasteiger partial charge on any atom is 0.325 e. The van der Waals surface area contributed by atoms with Crippen LogP contribution in [0.15, 0.2) is 11.0 Å². The van der Waals surface area contributed by atoms with Gasteiger partial charge in [0.25, 0.3) is 0 Å². The molecule has 0 radical (unpaired) electrons. The normalized spacial score (nSPS) is 11.2. The molecule has 1 aromatic carbocycles. The molecular formula is C11H10F4N2O5S. The van der Waals surface area contributed by atoms with E-state index in [1.54, 1.807) is 0 Å². The quantitative estimate of drug-likeness (QED) is 0.417. The molecule has 1 amide bonds. The lowest BCUT2D eigenvalue weighted by Crippen LogP contribution is -2.39. The van der Waals surface area contributed by atoms with Crippen LogP contribution in [0.25, 0.3) is 0 Å². The van der Waals surface area contributed by atoms with Crippen LogP contribution >= 0.6 is 0 Å². The van der Waals surface area contributed by atoms with E-state index in [0.29, 0.717) is 0 Å². The van der Waals surface area contributed by atoms with E-state index in [1.165, 1.54) is 4.72 Å². The molecule has 12 heteroatoms. The maximum absolute atomic E-state index is 13.4. The summed E-state index contributed by atoms with van der Waals surface area (Å²) in [6, 6.07) is -0.160. The molecule has 128 valence electrons. The molecule has 0 saturated heterocycles.